The summed E-state index contributed by atoms with van der Waals surface area (Å²) in [6, 6.07) is 27.0. The van der Waals surface area contributed by atoms with Crippen molar-refractivity contribution in [2.24, 2.45) is 11.8 Å². The van der Waals surface area contributed by atoms with E-state index < -0.39 is 41.1 Å². The standard InChI is InChI=1S/C39H32N2O9/c42-31(23-15-19-26(20-16-23)50-39(46)24-13-17-25(18-14-24)41(47)48)22-49-32(43)12-2-1-7-21-40-37(44)35-33-27-8-3-4-9-28(27)34(36(35)38(40)45)30-11-6-5-10-29(30)33/h3-6,8-11,13-20,33-36H,1-2,7,12,21-22H2. The van der Waals surface area contributed by atoms with E-state index in [4.69, 9.17) is 9.47 Å². The Labute approximate surface area is 287 Å². The highest BCUT2D eigenvalue weighted by molar-refractivity contribution is 6.07. The largest absolute Gasteiger partial charge is 0.457 e. The topological polar surface area (TPSA) is 150 Å². The van der Waals surface area contributed by atoms with Gasteiger partial charge in [0.2, 0.25) is 11.8 Å². The first-order chi connectivity index (χ1) is 24.2. The van der Waals surface area contributed by atoms with E-state index in [0.717, 1.165) is 22.3 Å². The average Bonchev–Trinajstić information content (AvgIpc) is 3.39. The van der Waals surface area contributed by atoms with Crippen LogP contribution in [0.1, 0.15) is 80.5 Å². The summed E-state index contributed by atoms with van der Waals surface area (Å²) in [7, 11) is 0. The highest BCUT2D eigenvalue weighted by Crippen LogP contribution is 2.60. The summed E-state index contributed by atoms with van der Waals surface area (Å²) >= 11 is 0. The lowest BCUT2D eigenvalue weighted by molar-refractivity contribution is -0.384. The summed E-state index contributed by atoms with van der Waals surface area (Å²) in [6.45, 7) is -0.156. The third kappa shape index (κ3) is 5.95. The lowest BCUT2D eigenvalue weighted by Crippen LogP contribution is -2.41. The molecule has 2 unspecified atom stereocenters. The fraction of sp³-hybridized carbons (Fsp3) is 0.256. The Balaban J connectivity index is 0.851. The van der Waals surface area contributed by atoms with Crippen LogP contribution in [0.5, 0.6) is 5.75 Å². The molecule has 2 bridgehead atoms. The number of imide groups is 1. The molecule has 252 valence electrons. The molecule has 4 aromatic carbocycles. The first-order valence-electron chi connectivity index (χ1n) is 16.5. The van der Waals surface area contributed by atoms with Gasteiger partial charge in [0, 0.05) is 42.5 Å². The fourth-order valence-electron chi connectivity index (χ4n) is 7.57. The highest BCUT2D eigenvalue weighted by atomic mass is 16.6. The molecule has 1 aliphatic heterocycles. The summed E-state index contributed by atoms with van der Waals surface area (Å²) in [5.41, 5.74) is 4.78. The Kier molecular flexibility index (Phi) is 8.80. The van der Waals surface area contributed by atoms with E-state index in [1.54, 1.807) is 0 Å². The SMILES string of the molecule is O=C(CCCCCN1C(=O)C2C3c4ccccc4C(c4ccccc43)C2C1=O)OCC(=O)c1ccc(OC(=O)c2ccc([N+](=O)[O-])cc2)cc1. The van der Waals surface area contributed by atoms with Crippen LogP contribution < -0.4 is 4.74 Å². The first-order valence-corrected chi connectivity index (χ1v) is 16.5. The van der Waals surface area contributed by atoms with Crippen molar-refractivity contribution in [1.29, 1.82) is 0 Å². The van der Waals surface area contributed by atoms with Crippen LogP contribution in [-0.4, -0.2) is 52.5 Å². The molecule has 11 heteroatoms. The summed E-state index contributed by atoms with van der Waals surface area (Å²) in [5, 5.41) is 10.8. The predicted octanol–water partition coefficient (Wildman–Crippen LogP) is 5.99. The smallest absolute Gasteiger partial charge is 0.343 e. The zero-order valence-corrected chi connectivity index (χ0v) is 26.9. The number of ether oxygens (including phenoxy) is 2. The van der Waals surface area contributed by atoms with E-state index >= 15 is 0 Å². The minimum Gasteiger partial charge on any atom is -0.457 e. The number of likely N-dealkylation sites (tertiary alicyclic amines) is 1. The van der Waals surface area contributed by atoms with Crippen LogP contribution in [0.3, 0.4) is 0 Å². The van der Waals surface area contributed by atoms with Gasteiger partial charge < -0.3 is 9.47 Å². The van der Waals surface area contributed by atoms with E-state index in [0.29, 0.717) is 25.8 Å². The van der Waals surface area contributed by atoms with Crippen LogP contribution >= 0.6 is 0 Å². The summed E-state index contributed by atoms with van der Waals surface area (Å²) in [5.74, 6) is -2.83. The molecule has 0 radical (unpaired) electrons. The van der Waals surface area contributed by atoms with Gasteiger partial charge in [-0.15, -0.1) is 0 Å². The van der Waals surface area contributed by atoms with Crippen molar-refractivity contribution in [2.45, 2.75) is 37.5 Å². The Morgan fingerprint density at radius 1 is 0.680 bits per heavy atom. The lowest BCUT2D eigenvalue weighted by Gasteiger charge is -2.45. The van der Waals surface area contributed by atoms with Crippen molar-refractivity contribution < 1.29 is 38.4 Å². The first kappa shape index (κ1) is 32.6. The van der Waals surface area contributed by atoms with Gasteiger partial charge in [-0.05, 0) is 71.5 Å². The molecule has 2 atom stereocenters. The molecule has 1 heterocycles. The monoisotopic (exact) mass is 672 g/mol. The second kappa shape index (κ2) is 13.5. The van der Waals surface area contributed by atoms with Gasteiger partial charge in [0.05, 0.1) is 22.3 Å². The summed E-state index contributed by atoms with van der Waals surface area (Å²) in [4.78, 5) is 76.3. The minimum absolute atomic E-state index is 0.0900. The lowest BCUT2D eigenvalue weighted by atomic mass is 9.55. The van der Waals surface area contributed by atoms with Gasteiger partial charge in [-0.2, -0.15) is 0 Å². The number of esters is 2. The molecular weight excluding hydrogens is 640 g/mol. The molecule has 0 aromatic heterocycles. The fourth-order valence-corrected chi connectivity index (χ4v) is 7.57. The van der Waals surface area contributed by atoms with Crippen molar-refractivity contribution >= 4 is 35.2 Å². The van der Waals surface area contributed by atoms with E-state index in [-0.39, 0.29) is 52.6 Å². The molecule has 4 aliphatic rings. The number of unbranched alkanes of at least 4 members (excludes halogenated alkanes) is 2. The Bertz CT molecular complexity index is 1910. The molecule has 4 aromatic rings. The van der Waals surface area contributed by atoms with Crippen molar-refractivity contribution in [3.05, 3.63) is 141 Å². The number of carbonyl (C=O) groups is 5. The highest BCUT2D eigenvalue weighted by Gasteiger charge is 2.61. The maximum atomic E-state index is 13.7. The number of amides is 2. The predicted molar refractivity (Wildman–Crippen MR) is 179 cm³/mol. The number of benzene rings is 4. The zero-order valence-electron chi connectivity index (χ0n) is 26.9. The zero-order chi connectivity index (χ0) is 34.9. The Hall–Kier alpha value is -5.97. The molecular formula is C39H32N2O9. The van der Waals surface area contributed by atoms with Gasteiger partial charge in [0.15, 0.2) is 12.4 Å². The average molecular weight is 673 g/mol. The third-order valence-corrected chi connectivity index (χ3v) is 9.87. The number of nitrogens with zero attached hydrogens (tertiary/aromatic N) is 2. The quantitative estimate of drug-likeness (QED) is 0.0336. The summed E-state index contributed by atoms with van der Waals surface area (Å²) in [6.07, 6.45) is 1.72. The van der Waals surface area contributed by atoms with Gasteiger partial charge >= 0.3 is 11.9 Å². The number of rotatable bonds is 12. The van der Waals surface area contributed by atoms with Crippen LogP contribution in [-0.2, 0) is 19.1 Å². The molecule has 2 amide bonds. The maximum absolute atomic E-state index is 13.7. The van der Waals surface area contributed by atoms with Crippen LogP contribution in [0.2, 0.25) is 0 Å². The van der Waals surface area contributed by atoms with Crippen LogP contribution in [0, 0.1) is 22.0 Å². The van der Waals surface area contributed by atoms with Crippen molar-refractivity contribution in [2.75, 3.05) is 13.2 Å². The van der Waals surface area contributed by atoms with Crippen molar-refractivity contribution in [3.8, 4) is 5.75 Å². The van der Waals surface area contributed by atoms with E-state index in [1.807, 2.05) is 24.3 Å². The number of nitro groups is 1. The van der Waals surface area contributed by atoms with Crippen LogP contribution in [0.4, 0.5) is 5.69 Å². The number of Topliss-reactive ketones (excluding diaryl/α,β-unsaturated/α-hetero) is 1. The normalized spacial score (nSPS) is 19.7. The molecule has 0 saturated carbocycles. The molecule has 1 saturated heterocycles. The number of hydrogen-bond donors (Lipinski definition) is 0. The van der Waals surface area contributed by atoms with Gasteiger partial charge in [-0.3, -0.25) is 34.2 Å². The number of nitro benzene ring substituents is 1. The molecule has 0 N–H and O–H groups in total. The number of non-ortho nitro benzene ring substituents is 1. The molecule has 8 rings (SSSR count). The molecule has 1 fully saturated rings. The van der Waals surface area contributed by atoms with E-state index in [2.05, 4.69) is 24.3 Å². The number of hydrogen-bond acceptors (Lipinski definition) is 9. The molecule has 50 heavy (non-hydrogen) atoms. The second-order valence-corrected chi connectivity index (χ2v) is 12.7. The van der Waals surface area contributed by atoms with E-state index in [1.165, 1.54) is 53.4 Å². The van der Waals surface area contributed by atoms with Gasteiger partial charge in [0.1, 0.15) is 5.75 Å². The van der Waals surface area contributed by atoms with Crippen LogP contribution in [0.15, 0.2) is 97.1 Å². The second-order valence-electron chi connectivity index (χ2n) is 12.7. The Morgan fingerprint density at radius 3 is 1.72 bits per heavy atom. The van der Waals surface area contributed by atoms with Crippen LogP contribution in [0.25, 0.3) is 0 Å². The van der Waals surface area contributed by atoms with Crippen molar-refractivity contribution in [1.82, 2.24) is 4.90 Å². The van der Waals surface area contributed by atoms with E-state index in [9.17, 15) is 34.1 Å². The molecule has 0 spiro atoms. The van der Waals surface area contributed by atoms with Gasteiger partial charge in [-0.1, -0.05) is 55.0 Å². The summed E-state index contributed by atoms with van der Waals surface area (Å²) < 4.78 is 10.4. The Morgan fingerprint density at radius 2 is 1.20 bits per heavy atom. The van der Waals surface area contributed by atoms with Gasteiger partial charge in [0.25, 0.3) is 5.69 Å². The third-order valence-electron chi connectivity index (χ3n) is 9.87. The van der Waals surface area contributed by atoms with Crippen molar-refractivity contribution in [3.63, 3.8) is 0 Å². The maximum Gasteiger partial charge on any atom is 0.343 e. The minimum atomic E-state index is -0.714. The molecule has 3 aliphatic carbocycles. The number of carbonyl (C=O) groups excluding carboxylic acids is 5. The number of ketones is 1. The molecule has 11 nitrogen and oxygen atoms in total. The van der Waals surface area contributed by atoms with Gasteiger partial charge in [-0.25, -0.2) is 4.79 Å².